The van der Waals surface area contributed by atoms with Crippen molar-refractivity contribution in [3.63, 3.8) is 0 Å². The van der Waals surface area contributed by atoms with E-state index in [0.29, 0.717) is 6.54 Å². The van der Waals surface area contributed by atoms with Gasteiger partial charge in [0.1, 0.15) is 10.0 Å². The molecular weight excluding hydrogens is 366 g/mol. The van der Waals surface area contributed by atoms with E-state index in [4.69, 9.17) is 5.73 Å². The number of nitrogens with zero attached hydrogens (tertiary/aromatic N) is 2. The Hall–Kier alpha value is -0.300. The molecule has 2 rings (SSSR count). The summed E-state index contributed by atoms with van der Waals surface area (Å²) in [5.74, 6) is 0. The van der Waals surface area contributed by atoms with E-state index < -0.39 is 0 Å². The van der Waals surface area contributed by atoms with E-state index in [1.165, 1.54) is 0 Å². The maximum atomic E-state index is 5.48. The second-order valence-corrected chi connectivity index (χ2v) is 6.44. The van der Waals surface area contributed by atoms with Crippen LogP contribution in [0.3, 0.4) is 0 Å². The van der Waals surface area contributed by atoms with E-state index in [1.807, 2.05) is 18.2 Å². The van der Waals surface area contributed by atoms with Crippen LogP contribution in [0.2, 0.25) is 0 Å². The van der Waals surface area contributed by atoms with Gasteiger partial charge in [0.15, 0.2) is 0 Å². The maximum absolute atomic E-state index is 5.48. The van der Waals surface area contributed by atoms with Crippen molar-refractivity contribution >= 4 is 43.2 Å². The van der Waals surface area contributed by atoms with Crippen molar-refractivity contribution in [2.45, 2.75) is 12.8 Å². The molecule has 3 nitrogen and oxygen atoms in total. The average molecular weight is 377 g/mol. The topological polar surface area (TPSA) is 51.8 Å². The zero-order valence-corrected chi connectivity index (χ0v) is 13.0. The summed E-state index contributed by atoms with van der Waals surface area (Å²) in [6.07, 6.45) is 1.86. The fraction of sp³-hybridized carbons (Fsp3) is 0.273. The lowest BCUT2D eigenvalue weighted by molar-refractivity contribution is 0.812. The maximum Gasteiger partial charge on any atom is 0.147 e. The minimum absolute atomic E-state index is 0.692. The second-order valence-electron chi connectivity index (χ2n) is 3.55. The molecule has 0 aliphatic heterocycles. The van der Waals surface area contributed by atoms with Crippen molar-refractivity contribution < 1.29 is 0 Å². The van der Waals surface area contributed by atoms with Crippen LogP contribution in [-0.4, -0.2) is 16.7 Å². The molecule has 0 aliphatic carbocycles. The van der Waals surface area contributed by atoms with Gasteiger partial charge in [0.2, 0.25) is 0 Å². The summed E-state index contributed by atoms with van der Waals surface area (Å²) < 4.78 is 2.06. The largest absolute Gasteiger partial charge is 0.330 e. The monoisotopic (exact) mass is 375 g/mol. The van der Waals surface area contributed by atoms with Gasteiger partial charge in [0.05, 0.1) is 0 Å². The number of hydrogen-bond acceptors (Lipinski definition) is 4. The van der Waals surface area contributed by atoms with Crippen LogP contribution in [0.25, 0.3) is 10.6 Å². The smallest absolute Gasteiger partial charge is 0.147 e. The molecule has 0 amide bonds. The Balaban J connectivity index is 2.24. The van der Waals surface area contributed by atoms with Gasteiger partial charge in [0, 0.05) is 20.9 Å². The first-order valence-corrected chi connectivity index (χ1v) is 7.58. The lowest BCUT2D eigenvalue weighted by Gasteiger charge is -1.98. The minimum Gasteiger partial charge on any atom is -0.330 e. The molecule has 0 spiro atoms. The lowest BCUT2D eigenvalue weighted by atomic mass is 10.2. The van der Waals surface area contributed by atoms with Gasteiger partial charge in [-0.05, 0) is 31.2 Å². The molecule has 0 atom stereocenters. The van der Waals surface area contributed by atoms with E-state index in [1.54, 1.807) is 11.3 Å². The van der Waals surface area contributed by atoms with Gasteiger partial charge < -0.3 is 5.73 Å². The number of aromatic nitrogens is 2. The van der Waals surface area contributed by atoms with Gasteiger partial charge in [-0.1, -0.05) is 43.2 Å². The van der Waals surface area contributed by atoms with E-state index in [0.717, 1.165) is 37.4 Å². The number of halogens is 2. The summed E-state index contributed by atoms with van der Waals surface area (Å²) in [5.41, 5.74) is 6.55. The Labute approximate surface area is 121 Å². The summed E-state index contributed by atoms with van der Waals surface area (Å²) in [6.45, 7) is 0.692. The van der Waals surface area contributed by atoms with Gasteiger partial charge in [-0.3, -0.25) is 0 Å². The highest BCUT2D eigenvalue weighted by molar-refractivity contribution is 9.11. The molecule has 2 aromatic rings. The van der Waals surface area contributed by atoms with Gasteiger partial charge in [-0.25, -0.2) is 0 Å². The number of nitrogens with two attached hydrogens (primary N) is 1. The molecule has 17 heavy (non-hydrogen) atoms. The fourth-order valence-corrected chi connectivity index (χ4v) is 3.56. The summed E-state index contributed by atoms with van der Waals surface area (Å²) in [7, 11) is 0. The molecule has 0 aliphatic rings. The van der Waals surface area contributed by atoms with E-state index in [9.17, 15) is 0 Å². The van der Waals surface area contributed by atoms with Crippen LogP contribution in [0, 0.1) is 0 Å². The Kier molecular flexibility index (Phi) is 4.67. The molecule has 1 aromatic heterocycles. The van der Waals surface area contributed by atoms with Crippen molar-refractivity contribution in [1.82, 2.24) is 10.2 Å². The first-order valence-electron chi connectivity index (χ1n) is 5.18. The molecule has 0 fully saturated rings. The van der Waals surface area contributed by atoms with E-state index in [-0.39, 0.29) is 0 Å². The Bertz CT molecular complexity index is 493. The summed E-state index contributed by atoms with van der Waals surface area (Å²) in [6, 6.07) is 6.08. The summed E-state index contributed by atoms with van der Waals surface area (Å²) in [4.78, 5) is 0. The molecule has 0 saturated heterocycles. The fourth-order valence-electron chi connectivity index (χ4n) is 1.40. The summed E-state index contributed by atoms with van der Waals surface area (Å²) in [5, 5.41) is 10.4. The molecule has 6 heteroatoms. The number of benzene rings is 1. The van der Waals surface area contributed by atoms with Gasteiger partial charge >= 0.3 is 0 Å². The Morgan fingerprint density at radius 2 is 1.82 bits per heavy atom. The second kappa shape index (κ2) is 6.04. The van der Waals surface area contributed by atoms with Crippen LogP contribution in [0.4, 0.5) is 0 Å². The van der Waals surface area contributed by atoms with Crippen LogP contribution >= 0.6 is 43.2 Å². The van der Waals surface area contributed by atoms with E-state index >= 15 is 0 Å². The summed E-state index contributed by atoms with van der Waals surface area (Å²) >= 11 is 8.56. The van der Waals surface area contributed by atoms with Crippen molar-refractivity contribution in [1.29, 1.82) is 0 Å². The zero-order valence-electron chi connectivity index (χ0n) is 8.99. The lowest BCUT2D eigenvalue weighted by Crippen LogP contribution is -1.99. The first-order chi connectivity index (χ1) is 8.19. The Morgan fingerprint density at radius 3 is 2.47 bits per heavy atom. The van der Waals surface area contributed by atoms with Crippen LogP contribution in [0.15, 0.2) is 27.1 Å². The molecule has 0 radical (unpaired) electrons. The van der Waals surface area contributed by atoms with Crippen molar-refractivity contribution in [3.05, 3.63) is 32.2 Å². The molecule has 0 saturated carbocycles. The minimum atomic E-state index is 0.692. The van der Waals surface area contributed by atoms with Gasteiger partial charge in [-0.2, -0.15) is 0 Å². The van der Waals surface area contributed by atoms with Crippen LogP contribution in [0.5, 0.6) is 0 Å². The normalized spacial score (nSPS) is 10.8. The van der Waals surface area contributed by atoms with Crippen molar-refractivity contribution in [2.24, 2.45) is 5.73 Å². The van der Waals surface area contributed by atoms with Crippen LogP contribution in [-0.2, 0) is 6.42 Å². The highest BCUT2D eigenvalue weighted by atomic mass is 79.9. The third-order valence-electron chi connectivity index (χ3n) is 2.17. The van der Waals surface area contributed by atoms with Gasteiger partial charge in [0.25, 0.3) is 0 Å². The molecule has 2 N–H and O–H groups in total. The third-order valence-corrected chi connectivity index (χ3v) is 4.12. The number of aryl methyl sites for hydroxylation is 1. The average Bonchev–Trinajstić information content (AvgIpc) is 2.73. The molecular formula is C11H11Br2N3S. The number of hydrogen-bond donors (Lipinski definition) is 1. The molecule has 0 bridgehead atoms. The molecule has 1 heterocycles. The standard InChI is InChI=1S/C11H11Br2N3S/c12-8-4-7(5-9(13)6-8)11-16-15-10(17-11)2-1-3-14/h4-6H,1-3,14H2. The highest BCUT2D eigenvalue weighted by Gasteiger charge is 2.07. The van der Waals surface area contributed by atoms with Gasteiger partial charge in [-0.15, -0.1) is 10.2 Å². The first kappa shape index (κ1) is 13.1. The molecule has 0 unspecified atom stereocenters. The predicted octanol–water partition coefficient (Wildman–Crippen LogP) is 3.62. The predicted molar refractivity (Wildman–Crippen MR) is 78.1 cm³/mol. The molecule has 90 valence electrons. The van der Waals surface area contributed by atoms with Crippen molar-refractivity contribution in [3.8, 4) is 10.6 Å². The Morgan fingerprint density at radius 1 is 1.12 bits per heavy atom. The third kappa shape index (κ3) is 3.58. The molecule has 1 aromatic carbocycles. The highest BCUT2D eigenvalue weighted by Crippen LogP contribution is 2.29. The van der Waals surface area contributed by atoms with Crippen LogP contribution < -0.4 is 5.73 Å². The van der Waals surface area contributed by atoms with Crippen LogP contribution in [0.1, 0.15) is 11.4 Å². The number of rotatable bonds is 4. The van der Waals surface area contributed by atoms with E-state index in [2.05, 4.69) is 42.1 Å². The quantitative estimate of drug-likeness (QED) is 0.886. The zero-order chi connectivity index (χ0) is 12.3. The van der Waals surface area contributed by atoms with Crippen molar-refractivity contribution in [2.75, 3.05) is 6.54 Å². The SMILES string of the molecule is NCCCc1nnc(-c2cc(Br)cc(Br)c2)s1.